The molecule has 4 nitrogen and oxygen atoms in total. The molecule has 0 amide bonds. The highest BCUT2D eigenvalue weighted by Crippen LogP contribution is 2.43. The van der Waals surface area contributed by atoms with Crippen molar-refractivity contribution in [2.24, 2.45) is 11.7 Å². The summed E-state index contributed by atoms with van der Waals surface area (Å²) in [5.41, 5.74) is 6.52. The molecule has 0 heterocycles. The van der Waals surface area contributed by atoms with Gasteiger partial charge in [0.25, 0.3) is 0 Å². The normalized spacial score (nSPS) is 19.6. The average Bonchev–Trinajstić information content (AvgIpc) is 2.59. The number of aliphatic hydroxyl groups is 1. The first-order valence-electron chi connectivity index (χ1n) is 8.29. The van der Waals surface area contributed by atoms with Gasteiger partial charge in [-0.25, -0.2) is 0 Å². The molecular weight excluding hydrogens is 333 g/mol. The maximum Gasteiger partial charge on any atom is 0.195 e. The number of rotatable bonds is 8. The summed E-state index contributed by atoms with van der Waals surface area (Å²) in [6.07, 6.45) is 5.73. The lowest BCUT2D eigenvalue weighted by Gasteiger charge is -2.30. The highest BCUT2D eigenvalue weighted by atomic mass is 35.5. The fourth-order valence-corrected chi connectivity index (χ4v) is 4.95. The van der Waals surface area contributed by atoms with Gasteiger partial charge in [0, 0.05) is 12.2 Å². The van der Waals surface area contributed by atoms with Gasteiger partial charge in [0.1, 0.15) is 0 Å². The minimum absolute atomic E-state index is 0. The molecular formula is C17H29ClNO3P. The van der Waals surface area contributed by atoms with Gasteiger partial charge in [-0.05, 0) is 30.7 Å². The van der Waals surface area contributed by atoms with Crippen LogP contribution in [0.3, 0.4) is 0 Å². The maximum absolute atomic E-state index is 12.7. The molecule has 1 aromatic rings. The van der Waals surface area contributed by atoms with Crippen LogP contribution in [0.4, 0.5) is 0 Å². The minimum atomic E-state index is -2.20. The fourth-order valence-electron chi connectivity index (χ4n) is 3.24. The third-order valence-corrected chi connectivity index (χ3v) is 6.29. The van der Waals surface area contributed by atoms with Crippen LogP contribution in [0.5, 0.6) is 0 Å². The number of aliphatic hydroxyl groups excluding tert-OH is 1. The smallest absolute Gasteiger partial charge is 0.195 e. The third kappa shape index (κ3) is 6.94. The Bertz CT molecular complexity index is 454. The molecule has 0 aromatic heterocycles. The Balaban J connectivity index is 0.00000264. The summed E-state index contributed by atoms with van der Waals surface area (Å²) < 4.78 is 18.4. The third-order valence-electron chi connectivity index (χ3n) is 4.54. The van der Waals surface area contributed by atoms with Crippen molar-refractivity contribution in [1.29, 1.82) is 0 Å². The van der Waals surface area contributed by atoms with E-state index >= 15 is 0 Å². The van der Waals surface area contributed by atoms with Gasteiger partial charge < -0.3 is 15.4 Å². The Morgan fingerprint density at radius 2 is 1.87 bits per heavy atom. The molecule has 132 valence electrons. The number of nitrogens with two attached hydrogens (primary N) is 1. The van der Waals surface area contributed by atoms with Crippen LogP contribution < -0.4 is 5.73 Å². The van der Waals surface area contributed by atoms with Gasteiger partial charge in [-0.2, -0.15) is 0 Å². The van der Waals surface area contributed by atoms with Crippen molar-refractivity contribution in [2.75, 3.05) is 6.54 Å². The van der Waals surface area contributed by atoms with E-state index in [1.54, 1.807) is 0 Å². The predicted molar refractivity (Wildman–Crippen MR) is 97.5 cm³/mol. The van der Waals surface area contributed by atoms with E-state index in [9.17, 15) is 9.67 Å². The Kier molecular flexibility index (Phi) is 10.1. The second-order valence-electron chi connectivity index (χ2n) is 6.22. The highest BCUT2D eigenvalue weighted by Gasteiger charge is 2.30. The van der Waals surface area contributed by atoms with E-state index in [0.29, 0.717) is 18.9 Å². The summed E-state index contributed by atoms with van der Waals surface area (Å²) in [5, 5.41) is 9.89. The van der Waals surface area contributed by atoms with Crippen molar-refractivity contribution < 1.29 is 14.2 Å². The standard InChI is InChI=1S/C17H28NO3P.ClH/c18-12-16(19)11-17(15-9-5-2-6-10-15)22(20)21-13-14-7-3-1-4-8-14;/h1,3-4,7-8,15-17,19,22H,2,5-6,9-13,18H2;1H/t16-,17?;/m1./s1. The molecule has 23 heavy (non-hydrogen) atoms. The van der Waals surface area contributed by atoms with E-state index in [-0.39, 0.29) is 24.6 Å². The first-order valence-corrected chi connectivity index (χ1v) is 9.68. The molecule has 0 radical (unpaired) electrons. The molecule has 3 N–H and O–H groups in total. The van der Waals surface area contributed by atoms with Crippen molar-refractivity contribution in [3.05, 3.63) is 35.9 Å². The number of hydrogen-bond acceptors (Lipinski definition) is 4. The van der Waals surface area contributed by atoms with Gasteiger partial charge in [0.15, 0.2) is 8.03 Å². The summed E-state index contributed by atoms with van der Waals surface area (Å²) >= 11 is 0. The van der Waals surface area contributed by atoms with Crippen molar-refractivity contribution in [3.63, 3.8) is 0 Å². The second kappa shape index (κ2) is 11.2. The zero-order valence-corrected chi connectivity index (χ0v) is 15.3. The van der Waals surface area contributed by atoms with Crippen LogP contribution in [-0.4, -0.2) is 23.4 Å². The van der Waals surface area contributed by atoms with Crippen molar-refractivity contribution in [1.82, 2.24) is 0 Å². The van der Waals surface area contributed by atoms with Crippen molar-refractivity contribution in [3.8, 4) is 0 Å². The average molecular weight is 362 g/mol. The number of hydrogen-bond donors (Lipinski definition) is 2. The van der Waals surface area contributed by atoms with Crippen LogP contribution in [0.1, 0.15) is 44.1 Å². The van der Waals surface area contributed by atoms with Gasteiger partial charge in [-0.1, -0.05) is 49.6 Å². The van der Waals surface area contributed by atoms with E-state index in [2.05, 4.69) is 0 Å². The fraction of sp³-hybridized carbons (Fsp3) is 0.647. The lowest BCUT2D eigenvalue weighted by atomic mass is 9.85. The molecule has 1 saturated carbocycles. The molecule has 3 atom stereocenters. The van der Waals surface area contributed by atoms with E-state index in [0.717, 1.165) is 18.4 Å². The Hall–Kier alpha value is -0.380. The monoisotopic (exact) mass is 361 g/mol. The number of halogens is 1. The Morgan fingerprint density at radius 1 is 1.22 bits per heavy atom. The highest BCUT2D eigenvalue weighted by molar-refractivity contribution is 7.40. The maximum atomic E-state index is 12.7. The Morgan fingerprint density at radius 3 is 2.48 bits per heavy atom. The predicted octanol–water partition coefficient (Wildman–Crippen LogP) is 3.76. The van der Waals surface area contributed by atoms with Crippen LogP contribution >= 0.6 is 20.4 Å². The van der Waals surface area contributed by atoms with Gasteiger partial charge in [-0.15, -0.1) is 12.4 Å². The molecule has 0 spiro atoms. The van der Waals surface area contributed by atoms with Crippen molar-refractivity contribution in [2.45, 2.75) is 56.9 Å². The minimum Gasteiger partial charge on any atom is -0.392 e. The molecule has 0 saturated heterocycles. The Labute approximate surface area is 146 Å². The first kappa shape index (κ1) is 20.7. The molecule has 1 fully saturated rings. The number of benzene rings is 1. The molecule has 1 aromatic carbocycles. The van der Waals surface area contributed by atoms with Crippen LogP contribution in [0, 0.1) is 5.92 Å². The van der Waals surface area contributed by atoms with Gasteiger partial charge in [0.05, 0.1) is 12.7 Å². The molecule has 0 aliphatic heterocycles. The summed E-state index contributed by atoms with van der Waals surface area (Å²) in [7, 11) is -2.20. The van der Waals surface area contributed by atoms with Crippen LogP contribution in [0.25, 0.3) is 0 Å². The zero-order chi connectivity index (χ0) is 15.8. The molecule has 0 bridgehead atoms. The lowest BCUT2D eigenvalue weighted by molar-refractivity contribution is 0.154. The lowest BCUT2D eigenvalue weighted by Crippen LogP contribution is -2.29. The first-order chi connectivity index (χ1) is 10.7. The molecule has 1 aliphatic rings. The van der Waals surface area contributed by atoms with E-state index in [4.69, 9.17) is 10.3 Å². The van der Waals surface area contributed by atoms with Crippen LogP contribution in [0.2, 0.25) is 0 Å². The molecule has 2 rings (SSSR count). The summed E-state index contributed by atoms with van der Waals surface area (Å²) in [6, 6.07) is 9.80. The van der Waals surface area contributed by atoms with E-state index in [1.807, 2.05) is 30.3 Å². The van der Waals surface area contributed by atoms with Gasteiger partial charge >= 0.3 is 0 Å². The van der Waals surface area contributed by atoms with Crippen molar-refractivity contribution >= 4 is 20.4 Å². The largest absolute Gasteiger partial charge is 0.392 e. The quantitative estimate of drug-likeness (QED) is 0.691. The van der Waals surface area contributed by atoms with Crippen LogP contribution in [-0.2, 0) is 15.7 Å². The van der Waals surface area contributed by atoms with E-state index in [1.165, 1.54) is 19.3 Å². The molecule has 2 unspecified atom stereocenters. The second-order valence-corrected chi connectivity index (χ2v) is 7.89. The van der Waals surface area contributed by atoms with Gasteiger partial charge in [-0.3, -0.25) is 4.57 Å². The molecule has 1 aliphatic carbocycles. The SMILES string of the molecule is Cl.NC[C@H](O)CC(C1CCCCC1)[PH](=O)OCc1ccccc1. The van der Waals surface area contributed by atoms with E-state index < -0.39 is 14.1 Å². The molecule has 6 heteroatoms. The van der Waals surface area contributed by atoms with Gasteiger partial charge in [0.2, 0.25) is 0 Å². The summed E-state index contributed by atoms with van der Waals surface area (Å²) in [6.45, 7) is 0.595. The van der Waals surface area contributed by atoms with Crippen LogP contribution in [0.15, 0.2) is 30.3 Å². The summed E-state index contributed by atoms with van der Waals surface area (Å²) in [5.74, 6) is 0.400. The topological polar surface area (TPSA) is 72.5 Å². The zero-order valence-electron chi connectivity index (χ0n) is 13.5. The summed E-state index contributed by atoms with van der Waals surface area (Å²) in [4.78, 5) is 0.